The van der Waals surface area contributed by atoms with Crippen molar-refractivity contribution in [3.8, 4) is 11.5 Å². The quantitative estimate of drug-likeness (QED) is 0.0911. The topological polar surface area (TPSA) is 132 Å². The van der Waals surface area contributed by atoms with Crippen LogP contribution in [0.15, 0.2) is 60.7 Å². The number of carbonyl (C=O) groups is 4. The van der Waals surface area contributed by atoms with Crippen molar-refractivity contribution in [2.45, 2.75) is 53.0 Å². The fourth-order valence-corrected chi connectivity index (χ4v) is 6.43. The minimum Gasteiger partial charge on any atom is -0.464 e. The van der Waals surface area contributed by atoms with E-state index in [1.807, 2.05) is 64.1 Å². The molecular weight excluding hydrogens is 626 g/mol. The molecule has 49 heavy (non-hydrogen) atoms. The van der Waals surface area contributed by atoms with Gasteiger partial charge >= 0.3 is 17.9 Å². The predicted octanol–water partition coefficient (Wildman–Crippen LogP) is 6.01. The second-order valence-corrected chi connectivity index (χ2v) is 12.1. The second-order valence-electron chi connectivity index (χ2n) is 12.1. The molecule has 0 unspecified atom stereocenters. The molecule has 0 fully saturated rings. The molecule has 5 rings (SSSR count). The van der Waals surface area contributed by atoms with E-state index in [1.54, 1.807) is 4.90 Å². The molecule has 0 saturated carbocycles. The third-order valence-electron chi connectivity index (χ3n) is 8.62. The zero-order chi connectivity index (χ0) is 35.3. The van der Waals surface area contributed by atoms with Crippen molar-refractivity contribution in [2.24, 2.45) is 0 Å². The van der Waals surface area contributed by atoms with E-state index in [9.17, 15) is 19.2 Å². The van der Waals surface area contributed by atoms with Gasteiger partial charge in [0.05, 0.1) is 19.4 Å². The van der Waals surface area contributed by atoms with Gasteiger partial charge in [0.1, 0.15) is 36.9 Å². The lowest BCUT2D eigenvalue weighted by Crippen LogP contribution is -2.48. The fraction of sp³-hybridized carbons (Fsp3) is 0.368. The molecule has 0 saturated heterocycles. The summed E-state index contributed by atoms with van der Waals surface area (Å²) in [7, 11) is 0. The maximum absolute atomic E-state index is 14.3. The molecule has 11 nitrogen and oxygen atoms in total. The Morgan fingerprint density at radius 1 is 0.796 bits per heavy atom. The highest BCUT2D eigenvalue weighted by Crippen LogP contribution is 2.58. The third kappa shape index (κ3) is 6.83. The van der Waals surface area contributed by atoms with Crippen LogP contribution in [0.25, 0.3) is 0 Å². The van der Waals surface area contributed by atoms with Crippen LogP contribution < -0.4 is 15.4 Å². The molecule has 0 aliphatic carbocycles. The van der Waals surface area contributed by atoms with E-state index in [1.165, 1.54) is 6.92 Å². The zero-order valence-corrected chi connectivity index (χ0v) is 28.7. The van der Waals surface area contributed by atoms with E-state index in [0.717, 1.165) is 52.3 Å². The Morgan fingerprint density at radius 3 is 1.88 bits per heavy atom. The summed E-state index contributed by atoms with van der Waals surface area (Å²) < 4.78 is 22.1. The van der Waals surface area contributed by atoms with Gasteiger partial charge in [-0.2, -0.15) is 0 Å². The van der Waals surface area contributed by atoms with Crippen LogP contribution in [0.3, 0.4) is 0 Å². The largest absolute Gasteiger partial charge is 0.464 e. The maximum Gasteiger partial charge on any atom is 0.333 e. The highest BCUT2D eigenvalue weighted by molar-refractivity contribution is 6.02. The van der Waals surface area contributed by atoms with E-state index in [2.05, 4.69) is 29.3 Å². The number of hydrogen-bond donors (Lipinski definition) is 2. The van der Waals surface area contributed by atoms with E-state index in [4.69, 9.17) is 18.9 Å². The first-order valence-corrected chi connectivity index (χ1v) is 16.5. The standard InChI is InChI=1S/C38H43N3O8/c1-7-39-30-21-32-28(19-24(30)5)38(29-20-25(6)31(40-8-2)22-33(29)49-32)27-12-10-9-11-26(27)36(44)41(38)15-16-46-34(42)13-14-35(43)47-17-18-48-37(45)23(3)4/h9-12,19-22,39-40H,3,7-8,13-18H2,1-2,4-6H3. The number of nitrogens with zero attached hydrogens (tertiary/aromatic N) is 1. The molecule has 2 aliphatic rings. The molecule has 2 aliphatic heterocycles. The molecule has 0 atom stereocenters. The monoisotopic (exact) mass is 669 g/mol. The summed E-state index contributed by atoms with van der Waals surface area (Å²) in [5, 5.41) is 6.82. The lowest BCUT2D eigenvalue weighted by molar-refractivity contribution is -0.153. The number of aryl methyl sites for hydroxylation is 2. The summed E-state index contributed by atoms with van der Waals surface area (Å²) in [5.41, 5.74) is 6.05. The van der Waals surface area contributed by atoms with Crippen molar-refractivity contribution in [2.75, 3.05) is 50.1 Å². The minimum absolute atomic E-state index is 0.0820. The Balaban J connectivity index is 1.42. The number of amides is 1. The van der Waals surface area contributed by atoms with Crippen molar-refractivity contribution < 1.29 is 38.1 Å². The number of esters is 3. The van der Waals surface area contributed by atoms with Crippen LogP contribution in [0, 0.1) is 13.8 Å². The first-order valence-electron chi connectivity index (χ1n) is 16.5. The number of ether oxygens (including phenoxy) is 4. The Bertz CT molecular complexity index is 1740. The summed E-state index contributed by atoms with van der Waals surface area (Å²) in [4.78, 5) is 52.4. The number of hydrogen-bond acceptors (Lipinski definition) is 10. The number of fused-ring (bicyclic) bond motifs is 6. The number of benzene rings is 3. The van der Waals surface area contributed by atoms with Crippen LogP contribution in [-0.4, -0.2) is 68.2 Å². The Hall–Kier alpha value is -5.32. The summed E-state index contributed by atoms with van der Waals surface area (Å²) >= 11 is 0. The van der Waals surface area contributed by atoms with Gasteiger partial charge in [0.25, 0.3) is 5.91 Å². The first kappa shape index (κ1) is 35.0. The van der Waals surface area contributed by atoms with Gasteiger partial charge in [0, 0.05) is 58.9 Å². The van der Waals surface area contributed by atoms with Crippen LogP contribution in [0.2, 0.25) is 0 Å². The first-order chi connectivity index (χ1) is 23.5. The third-order valence-corrected chi connectivity index (χ3v) is 8.62. The van der Waals surface area contributed by atoms with E-state index in [-0.39, 0.29) is 50.7 Å². The van der Waals surface area contributed by atoms with Gasteiger partial charge in [-0.15, -0.1) is 0 Å². The van der Waals surface area contributed by atoms with Gasteiger partial charge < -0.3 is 34.5 Å². The molecule has 0 radical (unpaired) electrons. The van der Waals surface area contributed by atoms with Crippen molar-refractivity contribution in [3.63, 3.8) is 0 Å². The van der Waals surface area contributed by atoms with Crippen LogP contribution in [0.1, 0.15) is 71.8 Å². The van der Waals surface area contributed by atoms with Crippen LogP contribution in [0.4, 0.5) is 11.4 Å². The molecular formula is C38H43N3O8. The number of carbonyl (C=O) groups excluding carboxylic acids is 4. The average Bonchev–Trinajstić information content (AvgIpc) is 3.32. The molecule has 2 N–H and O–H groups in total. The lowest BCUT2D eigenvalue weighted by Gasteiger charge is -2.45. The average molecular weight is 670 g/mol. The van der Waals surface area contributed by atoms with Crippen LogP contribution in [-0.2, 0) is 34.1 Å². The van der Waals surface area contributed by atoms with Gasteiger partial charge in [0.2, 0.25) is 0 Å². The van der Waals surface area contributed by atoms with Crippen molar-refractivity contribution in [1.82, 2.24) is 4.90 Å². The molecule has 0 aromatic heterocycles. The summed E-state index contributed by atoms with van der Waals surface area (Å²) in [6.07, 6.45) is -0.411. The Morgan fingerprint density at radius 2 is 1.33 bits per heavy atom. The van der Waals surface area contributed by atoms with E-state index >= 15 is 0 Å². The minimum atomic E-state index is -1.06. The Kier molecular flexibility index (Phi) is 10.6. The van der Waals surface area contributed by atoms with Crippen molar-refractivity contribution in [1.29, 1.82) is 0 Å². The number of nitrogens with one attached hydrogen (secondary N) is 2. The van der Waals surface area contributed by atoms with Gasteiger partial charge in [-0.05, 0) is 69.5 Å². The van der Waals surface area contributed by atoms with Crippen molar-refractivity contribution >= 4 is 35.2 Å². The molecule has 11 heteroatoms. The predicted molar refractivity (Wildman–Crippen MR) is 185 cm³/mol. The molecule has 258 valence electrons. The number of anilines is 2. The smallest absolute Gasteiger partial charge is 0.333 e. The van der Waals surface area contributed by atoms with Gasteiger partial charge in [-0.1, -0.05) is 24.8 Å². The Labute approximate surface area is 286 Å². The van der Waals surface area contributed by atoms with Gasteiger partial charge in [-0.3, -0.25) is 14.4 Å². The van der Waals surface area contributed by atoms with E-state index in [0.29, 0.717) is 17.1 Å². The highest BCUT2D eigenvalue weighted by atomic mass is 16.6. The second kappa shape index (κ2) is 14.8. The maximum atomic E-state index is 14.3. The molecule has 2 heterocycles. The number of rotatable bonds is 14. The molecule has 1 amide bonds. The molecule has 1 spiro atoms. The van der Waals surface area contributed by atoms with E-state index < -0.39 is 23.4 Å². The van der Waals surface area contributed by atoms with Crippen LogP contribution in [0.5, 0.6) is 11.5 Å². The SMILES string of the molecule is C=C(C)C(=O)OCCOC(=O)CCC(=O)OCCN1C(=O)c2ccccc2C12c1cc(C)c(NCC)cc1Oc1cc(NCC)c(C)cc12. The fourth-order valence-electron chi connectivity index (χ4n) is 6.43. The molecule has 3 aromatic rings. The van der Waals surface area contributed by atoms with Gasteiger partial charge in [0.15, 0.2) is 0 Å². The molecule has 0 bridgehead atoms. The van der Waals surface area contributed by atoms with Gasteiger partial charge in [-0.25, -0.2) is 4.79 Å². The van der Waals surface area contributed by atoms with Crippen molar-refractivity contribution in [3.05, 3.63) is 94.1 Å². The zero-order valence-electron chi connectivity index (χ0n) is 28.7. The summed E-state index contributed by atoms with van der Waals surface area (Å²) in [6, 6.07) is 15.7. The molecule has 3 aromatic carbocycles. The highest BCUT2D eigenvalue weighted by Gasteiger charge is 2.56. The summed E-state index contributed by atoms with van der Waals surface area (Å²) in [6.45, 7) is 14.3. The lowest BCUT2D eigenvalue weighted by atomic mass is 9.73. The van der Waals surface area contributed by atoms with Crippen LogP contribution >= 0.6 is 0 Å². The summed E-state index contributed by atoms with van der Waals surface area (Å²) in [5.74, 6) is -0.741. The normalized spacial score (nSPS) is 13.5.